The average molecular weight is 295 g/mol. The monoisotopic (exact) mass is 295 g/mol. The van der Waals surface area contributed by atoms with Gasteiger partial charge in [-0.2, -0.15) is 4.98 Å². The Labute approximate surface area is 128 Å². The summed E-state index contributed by atoms with van der Waals surface area (Å²) in [6.07, 6.45) is 0.939. The van der Waals surface area contributed by atoms with Crippen LogP contribution in [0.5, 0.6) is 5.88 Å². The summed E-state index contributed by atoms with van der Waals surface area (Å²) in [4.78, 5) is 4.40. The number of anilines is 2. The second-order valence-electron chi connectivity index (χ2n) is 6.55. The molecule has 1 heterocycles. The Morgan fingerprint density at radius 1 is 1.29 bits per heavy atom. The molecule has 0 radical (unpaired) electrons. The predicted molar refractivity (Wildman–Crippen MR) is 87.8 cm³/mol. The highest BCUT2D eigenvalue weighted by molar-refractivity contribution is 5.53. The minimum absolute atomic E-state index is 0.315. The minimum atomic E-state index is -0.315. The van der Waals surface area contributed by atoms with Gasteiger partial charge in [0.1, 0.15) is 11.4 Å². The number of pyridine rings is 1. The lowest BCUT2D eigenvalue weighted by molar-refractivity contribution is 0.110. The first-order valence-electron chi connectivity index (χ1n) is 7.55. The van der Waals surface area contributed by atoms with Crippen molar-refractivity contribution in [1.29, 1.82) is 0 Å². The molecule has 0 amide bonds. The van der Waals surface area contributed by atoms with E-state index in [1.807, 2.05) is 32.9 Å². The van der Waals surface area contributed by atoms with Crippen molar-refractivity contribution < 1.29 is 9.47 Å². The SMILES string of the molecule is CC(C)COCCCNc1ccc(N)c(OC(C)(C)C)n1. The van der Waals surface area contributed by atoms with Gasteiger partial charge in [-0.05, 0) is 45.2 Å². The van der Waals surface area contributed by atoms with Crippen LogP contribution in [0.4, 0.5) is 11.5 Å². The largest absolute Gasteiger partial charge is 0.470 e. The third kappa shape index (κ3) is 7.75. The number of nitrogens with zero attached hydrogens (tertiary/aromatic N) is 1. The molecule has 0 aliphatic rings. The summed E-state index contributed by atoms with van der Waals surface area (Å²) in [6, 6.07) is 3.67. The summed E-state index contributed by atoms with van der Waals surface area (Å²) in [5, 5.41) is 3.26. The zero-order valence-corrected chi connectivity index (χ0v) is 13.9. The molecule has 1 rings (SSSR count). The third-order valence-electron chi connectivity index (χ3n) is 2.52. The quantitative estimate of drug-likeness (QED) is 0.720. The molecule has 0 saturated carbocycles. The van der Waals surface area contributed by atoms with Crippen molar-refractivity contribution in [3.8, 4) is 5.88 Å². The molecular weight excluding hydrogens is 266 g/mol. The fourth-order valence-corrected chi connectivity index (χ4v) is 1.63. The molecule has 0 fully saturated rings. The Balaban J connectivity index is 2.40. The summed E-state index contributed by atoms with van der Waals surface area (Å²) in [6.45, 7) is 12.6. The van der Waals surface area contributed by atoms with Crippen molar-refractivity contribution in [2.45, 2.75) is 46.6 Å². The molecule has 0 atom stereocenters. The molecule has 3 N–H and O–H groups in total. The molecule has 5 heteroatoms. The highest BCUT2D eigenvalue weighted by Crippen LogP contribution is 2.24. The maximum atomic E-state index is 5.88. The van der Waals surface area contributed by atoms with Crippen molar-refractivity contribution in [2.24, 2.45) is 5.92 Å². The lowest BCUT2D eigenvalue weighted by Gasteiger charge is -2.21. The molecule has 0 spiro atoms. The van der Waals surface area contributed by atoms with Gasteiger partial charge in [-0.25, -0.2) is 0 Å². The summed E-state index contributed by atoms with van der Waals surface area (Å²) >= 11 is 0. The highest BCUT2D eigenvalue weighted by Gasteiger charge is 2.15. The van der Waals surface area contributed by atoms with Gasteiger partial charge in [0, 0.05) is 19.8 Å². The average Bonchev–Trinajstić information content (AvgIpc) is 2.35. The molecule has 0 aliphatic carbocycles. The van der Waals surface area contributed by atoms with E-state index in [4.69, 9.17) is 15.2 Å². The lowest BCUT2D eigenvalue weighted by Crippen LogP contribution is -2.24. The standard InChI is InChI=1S/C16H29N3O2/c1-12(2)11-20-10-6-9-18-14-8-7-13(17)15(19-14)21-16(3,4)5/h7-8,12H,6,9-11,17H2,1-5H3,(H,18,19). The Bertz CT molecular complexity index is 428. The maximum Gasteiger partial charge on any atom is 0.239 e. The number of nitrogen functional groups attached to an aromatic ring is 1. The van der Waals surface area contributed by atoms with Crippen molar-refractivity contribution >= 4 is 11.5 Å². The Morgan fingerprint density at radius 3 is 2.62 bits per heavy atom. The number of nitrogens with one attached hydrogen (secondary N) is 1. The number of ether oxygens (including phenoxy) is 2. The zero-order valence-electron chi connectivity index (χ0n) is 13.9. The third-order valence-corrected chi connectivity index (χ3v) is 2.52. The van der Waals surface area contributed by atoms with Gasteiger partial charge in [-0.15, -0.1) is 0 Å². The van der Waals surface area contributed by atoms with Crippen LogP contribution in [-0.2, 0) is 4.74 Å². The van der Waals surface area contributed by atoms with E-state index in [0.717, 1.165) is 32.0 Å². The van der Waals surface area contributed by atoms with Gasteiger partial charge in [0.25, 0.3) is 0 Å². The molecule has 5 nitrogen and oxygen atoms in total. The molecule has 1 aromatic heterocycles. The zero-order chi connectivity index (χ0) is 15.9. The van der Waals surface area contributed by atoms with Gasteiger partial charge in [0.15, 0.2) is 0 Å². The van der Waals surface area contributed by atoms with E-state index in [1.54, 1.807) is 0 Å². The van der Waals surface area contributed by atoms with Gasteiger partial charge in [0.2, 0.25) is 5.88 Å². The molecule has 120 valence electrons. The summed E-state index contributed by atoms with van der Waals surface area (Å²) in [5.74, 6) is 1.82. The first-order valence-corrected chi connectivity index (χ1v) is 7.55. The predicted octanol–water partition coefficient (Wildman–Crippen LogP) is 3.32. The van der Waals surface area contributed by atoms with Crippen LogP contribution in [0.15, 0.2) is 12.1 Å². The molecule has 0 aromatic carbocycles. The minimum Gasteiger partial charge on any atom is -0.470 e. The van der Waals surface area contributed by atoms with Gasteiger partial charge in [-0.1, -0.05) is 13.8 Å². The van der Waals surface area contributed by atoms with E-state index >= 15 is 0 Å². The number of hydrogen-bond donors (Lipinski definition) is 2. The number of hydrogen-bond acceptors (Lipinski definition) is 5. The normalized spacial score (nSPS) is 11.7. The molecule has 21 heavy (non-hydrogen) atoms. The molecule has 1 aromatic rings. The second-order valence-corrected chi connectivity index (χ2v) is 6.55. The Morgan fingerprint density at radius 2 is 2.00 bits per heavy atom. The molecule has 0 saturated heterocycles. The molecular formula is C16H29N3O2. The summed E-state index contributed by atoms with van der Waals surface area (Å²) in [7, 11) is 0. The van der Waals surface area contributed by atoms with Crippen LogP contribution in [0.2, 0.25) is 0 Å². The highest BCUT2D eigenvalue weighted by atomic mass is 16.5. The van der Waals surface area contributed by atoms with Crippen molar-refractivity contribution in [3.05, 3.63) is 12.1 Å². The second kappa shape index (κ2) is 8.08. The lowest BCUT2D eigenvalue weighted by atomic mass is 10.2. The molecule has 0 unspecified atom stereocenters. The van der Waals surface area contributed by atoms with E-state index in [-0.39, 0.29) is 5.60 Å². The van der Waals surface area contributed by atoms with Crippen LogP contribution in [-0.4, -0.2) is 30.3 Å². The van der Waals surface area contributed by atoms with Gasteiger partial charge < -0.3 is 20.5 Å². The van der Waals surface area contributed by atoms with Crippen LogP contribution >= 0.6 is 0 Å². The first kappa shape index (κ1) is 17.6. The number of aromatic nitrogens is 1. The van der Waals surface area contributed by atoms with Crippen LogP contribution in [0, 0.1) is 5.92 Å². The van der Waals surface area contributed by atoms with Gasteiger partial charge in [-0.3, -0.25) is 0 Å². The van der Waals surface area contributed by atoms with Gasteiger partial charge >= 0.3 is 0 Å². The fourth-order valence-electron chi connectivity index (χ4n) is 1.63. The van der Waals surface area contributed by atoms with Crippen LogP contribution in [0.3, 0.4) is 0 Å². The van der Waals surface area contributed by atoms with E-state index in [0.29, 0.717) is 17.5 Å². The van der Waals surface area contributed by atoms with Gasteiger partial charge in [0.05, 0.1) is 5.69 Å². The Kier molecular flexibility index (Phi) is 6.75. The topological polar surface area (TPSA) is 69.4 Å². The molecule has 0 aliphatic heterocycles. The maximum absolute atomic E-state index is 5.88. The van der Waals surface area contributed by atoms with E-state index in [9.17, 15) is 0 Å². The van der Waals surface area contributed by atoms with Crippen LogP contribution in [0.1, 0.15) is 41.0 Å². The van der Waals surface area contributed by atoms with Crippen LogP contribution in [0.25, 0.3) is 0 Å². The smallest absolute Gasteiger partial charge is 0.239 e. The first-order chi connectivity index (χ1) is 9.78. The van der Waals surface area contributed by atoms with E-state index < -0.39 is 0 Å². The van der Waals surface area contributed by atoms with Crippen molar-refractivity contribution in [2.75, 3.05) is 30.8 Å². The summed E-state index contributed by atoms with van der Waals surface area (Å²) < 4.78 is 11.3. The number of rotatable bonds is 8. The van der Waals surface area contributed by atoms with Crippen LogP contribution < -0.4 is 15.8 Å². The number of nitrogens with two attached hydrogens (primary N) is 1. The molecule has 0 bridgehead atoms. The van der Waals surface area contributed by atoms with Crippen molar-refractivity contribution in [1.82, 2.24) is 4.98 Å². The summed E-state index contributed by atoms with van der Waals surface area (Å²) in [5.41, 5.74) is 6.12. The Hall–Kier alpha value is -1.49. The van der Waals surface area contributed by atoms with E-state index in [1.165, 1.54) is 0 Å². The van der Waals surface area contributed by atoms with Crippen molar-refractivity contribution in [3.63, 3.8) is 0 Å². The fraction of sp³-hybridized carbons (Fsp3) is 0.688. The van der Waals surface area contributed by atoms with E-state index in [2.05, 4.69) is 24.1 Å².